The summed E-state index contributed by atoms with van der Waals surface area (Å²) in [7, 11) is 1.66. The Bertz CT molecular complexity index is 401. The Balaban J connectivity index is 2.29. The molecule has 2 N–H and O–H groups in total. The number of ether oxygens (including phenoxy) is 3. The summed E-state index contributed by atoms with van der Waals surface area (Å²) in [5, 5.41) is 0.635. The maximum absolute atomic E-state index is 6.22. The molecule has 1 aromatic rings. The van der Waals surface area contributed by atoms with Crippen LogP contribution in [0.2, 0.25) is 5.02 Å². The fourth-order valence-corrected chi connectivity index (χ4v) is 2.08. The number of hydrogen-bond donors (Lipinski definition) is 1. The summed E-state index contributed by atoms with van der Waals surface area (Å²) in [4.78, 5) is 0. The Kier molecular flexibility index (Phi) is 9.42. The molecule has 0 aromatic heterocycles. The lowest BCUT2D eigenvalue weighted by Gasteiger charge is -2.12. The lowest BCUT2D eigenvalue weighted by molar-refractivity contribution is 0.0644. The van der Waals surface area contributed by atoms with Gasteiger partial charge in [-0.1, -0.05) is 24.6 Å². The molecule has 1 atom stereocenters. The molecule has 1 unspecified atom stereocenters. The Morgan fingerprint density at radius 2 is 2.00 bits per heavy atom. The largest absolute Gasteiger partial charge is 0.492 e. The number of rotatable bonds is 11. The molecule has 0 spiro atoms. The van der Waals surface area contributed by atoms with Crippen LogP contribution < -0.4 is 10.5 Å². The van der Waals surface area contributed by atoms with E-state index in [-0.39, 0.29) is 6.04 Å². The second-order valence-electron chi connectivity index (χ2n) is 4.94. The van der Waals surface area contributed by atoms with E-state index in [0.29, 0.717) is 37.2 Å². The highest BCUT2D eigenvalue weighted by molar-refractivity contribution is 6.32. The van der Waals surface area contributed by atoms with Crippen molar-refractivity contribution >= 4 is 11.6 Å². The first kappa shape index (κ1) is 18.2. The van der Waals surface area contributed by atoms with E-state index in [1.165, 1.54) is 0 Å². The molecule has 0 aliphatic heterocycles. The molecule has 120 valence electrons. The second-order valence-corrected chi connectivity index (χ2v) is 5.35. The minimum Gasteiger partial charge on any atom is -0.492 e. The van der Waals surface area contributed by atoms with Gasteiger partial charge in [0.05, 0.1) is 24.8 Å². The topological polar surface area (TPSA) is 53.7 Å². The molecule has 0 radical (unpaired) electrons. The highest BCUT2D eigenvalue weighted by Crippen LogP contribution is 2.26. The lowest BCUT2D eigenvalue weighted by Crippen LogP contribution is -2.21. The molecule has 1 aromatic carbocycles. The van der Waals surface area contributed by atoms with E-state index in [1.807, 2.05) is 18.2 Å². The van der Waals surface area contributed by atoms with E-state index >= 15 is 0 Å². The maximum Gasteiger partial charge on any atom is 0.137 e. The van der Waals surface area contributed by atoms with Crippen molar-refractivity contribution in [3.05, 3.63) is 28.8 Å². The summed E-state index contributed by atoms with van der Waals surface area (Å²) < 4.78 is 15.9. The zero-order chi connectivity index (χ0) is 15.5. The first-order chi connectivity index (χ1) is 10.2. The Hall–Kier alpha value is -0.810. The van der Waals surface area contributed by atoms with Crippen molar-refractivity contribution in [2.24, 2.45) is 5.73 Å². The van der Waals surface area contributed by atoms with E-state index < -0.39 is 0 Å². The Labute approximate surface area is 132 Å². The predicted octanol–water partition coefficient (Wildman–Crippen LogP) is 3.05. The fourth-order valence-electron chi connectivity index (χ4n) is 1.82. The van der Waals surface area contributed by atoms with Gasteiger partial charge in [-0.15, -0.1) is 0 Å². The Morgan fingerprint density at radius 1 is 1.19 bits per heavy atom. The predicted molar refractivity (Wildman–Crippen MR) is 86.2 cm³/mol. The third-order valence-corrected chi connectivity index (χ3v) is 3.44. The smallest absolute Gasteiger partial charge is 0.137 e. The lowest BCUT2D eigenvalue weighted by atomic mass is 10.0. The molecule has 0 heterocycles. The molecule has 0 saturated carbocycles. The fraction of sp³-hybridized carbons (Fsp3) is 0.625. The zero-order valence-corrected chi connectivity index (χ0v) is 13.7. The first-order valence-corrected chi connectivity index (χ1v) is 7.78. The van der Waals surface area contributed by atoms with Gasteiger partial charge in [0.1, 0.15) is 5.75 Å². The molecule has 1 rings (SSSR count). The van der Waals surface area contributed by atoms with Crippen molar-refractivity contribution in [3.63, 3.8) is 0 Å². The van der Waals surface area contributed by atoms with Crippen LogP contribution in [-0.2, 0) is 15.9 Å². The normalized spacial score (nSPS) is 12.4. The third kappa shape index (κ3) is 7.67. The first-order valence-electron chi connectivity index (χ1n) is 7.40. The SMILES string of the molecule is CCC(N)Cc1ccc(OCCCOCCOC)c(Cl)c1. The summed E-state index contributed by atoms with van der Waals surface area (Å²) >= 11 is 6.22. The Morgan fingerprint density at radius 3 is 2.67 bits per heavy atom. The van der Waals surface area contributed by atoms with Crippen molar-refractivity contribution in [1.82, 2.24) is 0 Å². The van der Waals surface area contributed by atoms with Gasteiger partial charge in [-0.05, 0) is 30.5 Å². The number of halogens is 1. The molecule has 4 nitrogen and oxygen atoms in total. The number of methoxy groups -OCH3 is 1. The van der Waals surface area contributed by atoms with Crippen LogP contribution in [-0.4, -0.2) is 39.6 Å². The van der Waals surface area contributed by atoms with E-state index in [0.717, 1.165) is 24.8 Å². The molecule has 0 saturated heterocycles. The van der Waals surface area contributed by atoms with Crippen LogP contribution in [0.25, 0.3) is 0 Å². The van der Waals surface area contributed by atoms with Gasteiger partial charge >= 0.3 is 0 Å². The zero-order valence-electron chi connectivity index (χ0n) is 12.9. The van der Waals surface area contributed by atoms with E-state index in [9.17, 15) is 0 Å². The molecule has 0 bridgehead atoms. The third-order valence-electron chi connectivity index (χ3n) is 3.14. The van der Waals surface area contributed by atoms with Gasteiger partial charge in [0.25, 0.3) is 0 Å². The molecule has 21 heavy (non-hydrogen) atoms. The quantitative estimate of drug-likeness (QED) is 0.638. The van der Waals surface area contributed by atoms with Crippen molar-refractivity contribution in [1.29, 1.82) is 0 Å². The van der Waals surface area contributed by atoms with E-state index in [2.05, 4.69) is 6.92 Å². The van der Waals surface area contributed by atoms with Gasteiger partial charge in [0.2, 0.25) is 0 Å². The van der Waals surface area contributed by atoms with Crippen LogP contribution >= 0.6 is 11.6 Å². The van der Waals surface area contributed by atoms with Gasteiger partial charge in [0.15, 0.2) is 0 Å². The van der Waals surface area contributed by atoms with Gasteiger partial charge in [0, 0.05) is 26.2 Å². The van der Waals surface area contributed by atoms with Gasteiger partial charge in [-0.2, -0.15) is 0 Å². The van der Waals surface area contributed by atoms with Crippen molar-refractivity contribution in [2.75, 3.05) is 33.5 Å². The molecule has 0 fully saturated rings. The minimum absolute atomic E-state index is 0.178. The molecule has 5 heteroatoms. The monoisotopic (exact) mass is 315 g/mol. The summed E-state index contributed by atoms with van der Waals surface area (Å²) in [6.07, 6.45) is 2.62. The molecule has 0 amide bonds. The molecule has 0 aliphatic rings. The summed E-state index contributed by atoms with van der Waals surface area (Å²) in [5.74, 6) is 0.711. The van der Waals surface area contributed by atoms with Crippen LogP contribution in [0, 0.1) is 0 Å². The van der Waals surface area contributed by atoms with Crippen LogP contribution in [0.15, 0.2) is 18.2 Å². The average Bonchev–Trinajstić information content (AvgIpc) is 2.48. The number of nitrogens with two attached hydrogens (primary N) is 1. The molecule has 0 aliphatic carbocycles. The van der Waals surface area contributed by atoms with Gasteiger partial charge < -0.3 is 19.9 Å². The van der Waals surface area contributed by atoms with Crippen molar-refractivity contribution in [3.8, 4) is 5.75 Å². The van der Waals surface area contributed by atoms with E-state index in [1.54, 1.807) is 7.11 Å². The maximum atomic E-state index is 6.22. The average molecular weight is 316 g/mol. The highest BCUT2D eigenvalue weighted by Gasteiger charge is 2.06. The summed E-state index contributed by atoms with van der Waals surface area (Å²) in [6.45, 7) is 4.56. The summed E-state index contributed by atoms with van der Waals surface area (Å²) in [6, 6.07) is 6.04. The van der Waals surface area contributed by atoms with Gasteiger partial charge in [-0.25, -0.2) is 0 Å². The standard InChI is InChI=1S/C16H26ClNO3/c1-3-14(18)11-13-5-6-16(15(17)12-13)21-8-4-7-20-10-9-19-2/h5-6,12,14H,3-4,7-11,18H2,1-2H3. The van der Waals surface area contributed by atoms with Crippen LogP contribution in [0.1, 0.15) is 25.3 Å². The van der Waals surface area contributed by atoms with Crippen LogP contribution in [0.4, 0.5) is 0 Å². The van der Waals surface area contributed by atoms with Gasteiger partial charge in [-0.3, -0.25) is 0 Å². The summed E-state index contributed by atoms with van der Waals surface area (Å²) in [5.41, 5.74) is 7.09. The minimum atomic E-state index is 0.178. The van der Waals surface area contributed by atoms with Crippen molar-refractivity contribution in [2.45, 2.75) is 32.2 Å². The van der Waals surface area contributed by atoms with Crippen molar-refractivity contribution < 1.29 is 14.2 Å². The number of hydrogen-bond acceptors (Lipinski definition) is 4. The van der Waals surface area contributed by atoms with E-state index in [4.69, 9.17) is 31.5 Å². The highest BCUT2D eigenvalue weighted by atomic mass is 35.5. The molecular weight excluding hydrogens is 290 g/mol. The van der Waals surface area contributed by atoms with Crippen LogP contribution in [0.3, 0.4) is 0 Å². The van der Waals surface area contributed by atoms with Crippen LogP contribution in [0.5, 0.6) is 5.75 Å². The second kappa shape index (κ2) is 10.9. The number of benzene rings is 1. The molecular formula is C16H26ClNO3.